The monoisotopic (exact) mass is 366 g/mol. The molecule has 1 unspecified atom stereocenters. The second kappa shape index (κ2) is 6.80. The average molecular weight is 366 g/mol. The van der Waals surface area contributed by atoms with Crippen molar-refractivity contribution in [2.45, 2.75) is 44.1 Å². The lowest BCUT2D eigenvalue weighted by atomic mass is 9.94. The van der Waals surface area contributed by atoms with E-state index < -0.39 is 5.41 Å². The van der Waals surface area contributed by atoms with Crippen LogP contribution >= 0.6 is 0 Å². The van der Waals surface area contributed by atoms with Gasteiger partial charge in [0.1, 0.15) is 5.82 Å². The molecule has 0 bridgehead atoms. The van der Waals surface area contributed by atoms with E-state index in [1.807, 2.05) is 31.2 Å². The summed E-state index contributed by atoms with van der Waals surface area (Å²) in [6.45, 7) is 1.94. The maximum absolute atomic E-state index is 13.2. The molecule has 4 rings (SSSR count). The molecule has 140 valence electrons. The van der Waals surface area contributed by atoms with E-state index >= 15 is 0 Å². The fourth-order valence-corrected chi connectivity index (χ4v) is 3.40. The maximum atomic E-state index is 13.2. The minimum Gasteiger partial charge on any atom is -0.349 e. The molecule has 0 radical (unpaired) electrons. The van der Waals surface area contributed by atoms with Crippen LogP contribution in [0.25, 0.3) is 0 Å². The summed E-state index contributed by atoms with van der Waals surface area (Å²) in [5.41, 5.74) is 2.09. The van der Waals surface area contributed by atoms with E-state index in [9.17, 15) is 14.0 Å². The van der Waals surface area contributed by atoms with Gasteiger partial charge in [0, 0.05) is 11.6 Å². The van der Waals surface area contributed by atoms with Crippen LogP contribution in [0.2, 0.25) is 0 Å². The Morgan fingerprint density at radius 2 is 1.67 bits per heavy atom. The topological polar surface area (TPSA) is 58.2 Å². The van der Waals surface area contributed by atoms with Crippen molar-refractivity contribution in [2.75, 3.05) is 5.32 Å². The number of anilines is 1. The van der Waals surface area contributed by atoms with Crippen molar-refractivity contribution in [3.05, 3.63) is 65.5 Å². The van der Waals surface area contributed by atoms with Gasteiger partial charge in [-0.15, -0.1) is 0 Å². The molecule has 0 spiro atoms. The van der Waals surface area contributed by atoms with E-state index in [0.717, 1.165) is 42.5 Å². The lowest BCUT2D eigenvalue weighted by Gasteiger charge is -2.20. The Balaban J connectivity index is 1.39. The summed E-state index contributed by atoms with van der Waals surface area (Å²) in [5.74, 6) is -0.0620. The second-order valence-electron chi connectivity index (χ2n) is 7.67. The van der Waals surface area contributed by atoms with Gasteiger partial charge < -0.3 is 10.6 Å². The molecule has 2 aromatic carbocycles. The Kier molecular flexibility index (Phi) is 4.46. The van der Waals surface area contributed by atoms with Crippen LogP contribution in [0.4, 0.5) is 10.1 Å². The van der Waals surface area contributed by atoms with E-state index in [0.29, 0.717) is 0 Å². The summed E-state index contributed by atoms with van der Waals surface area (Å²) in [5, 5.41) is 5.99. The highest BCUT2D eigenvalue weighted by Gasteiger charge is 2.51. The molecule has 2 fully saturated rings. The summed E-state index contributed by atoms with van der Waals surface area (Å²) in [7, 11) is 0. The summed E-state index contributed by atoms with van der Waals surface area (Å²) in [6.07, 6.45) is 3.51. The molecule has 2 aliphatic carbocycles. The Bertz CT molecular complexity index is 853. The van der Waals surface area contributed by atoms with Crippen LogP contribution in [0, 0.1) is 11.7 Å². The van der Waals surface area contributed by atoms with Gasteiger partial charge in [0.2, 0.25) is 11.8 Å². The lowest BCUT2D eigenvalue weighted by Crippen LogP contribution is -2.36. The zero-order valence-electron chi connectivity index (χ0n) is 15.3. The van der Waals surface area contributed by atoms with Crippen molar-refractivity contribution < 1.29 is 14.0 Å². The molecule has 2 saturated carbocycles. The largest absolute Gasteiger partial charge is 0.349 e. The van der Waals surface area contributed by atoms with Gasteiger partial charge in [-0.3, -0.25) is 9.59 Å². The van der Waals surface area contributed by atoms with Gasteiger partial charge in [-0.2, -0.15) is 0 Å². The smallest absolute Gasteiger partial charge is 0.231 e. The zero-order chi connectivity index (χ0) is 19.0. The highest BCUT2D eigenvalue weighted by atomic mass is 19.1. The van der Waals surface area contributed by atoms with E-state index in [1.54, 1.807) is 12.1 Å². The Morgan fingerprint density at radius 1 is 1.04 bits per heavy atom. The molecule has 1 atom stereocenters. The summed E-state index contributed by atoms with van der Waals surface area (Å²) in [4.78, 5) is 24.6. The quantitative estimate of drug-likeness (QED) is 0.809. The molecular weight excluding hydrogens is 343 g/mol. The molecule has 0 heterocycles. The van der Waals surface area contributed by atoms with Crippen LogP contribution in [0.15, 0.2) is 48.5 Å². The Labute approximate surface area is 158 Å². The van der Waals surface area contributed by atoms with Crippen molar-refractivity contribution in [1.82, 2.24) is 5.32 Å². The first-order chi connectivity index (χ1) is 13.0. The summed E-state index contributed by atoms with van der Waals surface area (Å²) < 4.78 is 13.2. The minimum atomic E-state index is -0.528. The second-order valence-corrected chi connectivity index (χ2v) is 7.67. The SMILES string of the molecule is CC(NC(=O)C1(c2ccc(F)cc2)CC1)c1ccc(NC(=O)C2CC2)cc1. The maximum Gasteiger partial charge on any atom is 0.231 e. The third kappa shape index (κ3) is 3.72. The molecule has 27 heavy (non-hydrogen) atoms. The Hall–Kier alpha value is -2.69. The predicted molar refractivity (Wildman–Crippen MR) is 102 cm³/mol. The number of rotatable bonds is 6. The molecule has 0 saturated heterocycles. The lowest BCUT2D eigenvalue weighted by molar-refractivity contribution is -0.124. The fourth-order valence-electron chi connectivity index (χ4n) is 3.40. The van der Waals surface area contributed by atoms with Crippen LogP contribution in [0.3, 0.4) is 0 Å². The van der Waals surface area contributed by atoms with Gasteiger partial charge in [0.15, 0.2) is 0 Å². The number of benzene rings is 2. The van der Waals surface area contributed by atoms with E-state index in [-0.39, 0.29) is 29.6 Å². The molecule has 5 heteroatoms. The highest BCUT2D eigenvalue weighted by molar-refractivity contribution is 5.94. The third-order valence-corrected chi connectivity index (χ3v) is 5.56. The van der Waals surface area contributed by atoms with Crippen molar-refractivity contribution >= 4 is 17.5 Å². The van der Waals surface area contributed by atoms with Gasteiger partial charge >= 0.3 is 0 Å². The molecule has 2 amide bonds. The molecule has 0 aromatic heterocycles. The van der Waals surface area contributed by atoms with Crippen molar-refractivity contribution in [2.24, 2.45) is 5.92 Å². The van der Waals surface area contributed by atoms with Crippen LogP contribution < -0.4 is 10.6 Å². The number of hydrogen-bond donors (Lipinski definition) is 2. The van der Waals surface area contributed by atoms with Crippen LogP contribution in [0.1, 0.15) is 49.8 Å². The fraction of sp³-hybridized carbons (Fsp3) is 0.364. The molecule has 4 nitrogen and oxygen atoms in total. The van der Waals surface area contributed by atoms with Crippen LogP contribution in [-0.2, 0) is 15.0 Å². The number of amides is 2. The van der Waals surface area contributed by atoms with Crippen LogP contribution in [0.5, 0.6) is 0 Å². The first kappa shape index (κ1) is 17.7. The van der Waals surface area contributed by atoms with Crippen LogP contribution in [-0.4, -0.2) is 11.8 Å². The number of hydrogen-bond acceptors (Lipinski definition) is 2. The molecule has 2 aliphatic rings. The molecule has 2 N–H and O–H groups in total. The highest BCUT2D eigenvalue weighted by Crippen LogP contribution is 2.48. The zero-order valence-corrected chi connectivity index (χ0v) is 15.3. The van der Waals surface area contributed by atoms with E-state index in [2.05, 4.69) is 10.6 Å². The van der Waals surface area contributed by atoms with Gasteiger partial charge in [0.05, 0.1) is 11.5 Å². The van der Waals surface area contributed by atoms with E-state index in [1.165, 1.54) is 12.1 Å². The molecule has 0 aliphatic heterocycles. The number of carbonyl (C=O) groups is 2. The molecule has 2 aromatic rings. The normalized spacial score (nSPS) is 18.4. The van der Waals surface area contributed by atoms with Gasteiger partial charge in [-0.25, -0.2) is 4.39 Å². The van der Waals surface area contributed by atoms with Gasteiger partial charge in [-0.05, 0) is 68.0 Å². The number of carbonyl (C=O) groups excluding carboxylic acids is 2. The van der Waals surface area contributed by atoms with E-state index in [4.69, 9.17) is 0 Å². The number of halogens is 1. The van der Waals surface area contributed by atoms with Gasteiger partial charge in [0.25, 0.3) is 0 Å². The Morgan fingerprint density at radius 3 is 2.22 bits per heavy atom. The summed E-state index contributed by atoms with van der Waals surface area (Å²) >= 11 is 0. The van der Waals surface area contributed by atoms with Gasteiger partial charge in [-0.1, -0.05) is 24.3 Å². The number of nitrogens with one attached hydrogen (secondary N) is 2. The predicted octanol–water partition coefficient (Wildman–Crippen LogP) is 4.08. The average Bonchev–Trinajstić information content (AvgIpc) is 3.56. The first-order valence-corrected chi connectivity index (χ1v) is 9.46. The molecular formula is C22H23FN2O2. The summed E-state index contributed by atoms with van der Waals surface area (Å²) in [6, 6.07) is 13.6. The third-order valence-electron chi connectivity index (χ3n) is 5.56. The minimum absolute atomic E-state index is 0.0206. The van der Waals surface area contributed by atoms with Crippen molar-refractivity contribution in [1.29, 1.82) is 0 Å². The standard InChI is InChI=1S/C22H23FN2O2/c1-14(15-4-10-19(11-5-15)25-20(26)16-2-3-16)24-21(27)22(12-13-22)17-6-8-18(23)9-7-17/h4-11,14,16H,2-3,12-13H2,1H3,(H,24,27)(H,25,26). The van der Waals surface area contributed by atoms with Crippen molar-refractivity contribution in [3.63, 3.8) is 0 Å². The van der Waals surface area contributed by atoms with Crippen molar-refractivity contribution in [3.8, 4) is 0 Å². The first-order valence-electron chi connectivity index (χ1n) is 9.46.